The number of carbonyl (C=O) groups excluding carboxylic acids is 1. The molecule has 1 heterocycles. The highest BCUT2D eigenvalue weighted by Gasteiger charge is 2.38. The number of hydrogen-bond acceptors (Lipinski definition) is 2. The molecule has 16 heavy (non-hydrogen) atoms. The van der Waals surface area contributed by atoms with Crippen LogP contribution < -0.4 is 10.2 Å². The van der Waals surface area contributed by atoms with Crippen LogP contribution >= 0.6 is 0 Å². The van der Waals surface area contributed by atoms with Gasteiger partial charge in [-0.2, -0.15) is 0 Å². The van der Waals surface area contributed by atoms with Gasteiger partial charge in [0.2, 0.25) is 5.91 Å². The van der Waals surface area contributed by atoms with E-state index in [1.807, 2.05) is 44.3 Å². The molecule has 3 nitrogen and oxygen atoms in total. The van der Waals surface area contributed by atoms with Gasteiger partial charge in [-0.15, -0.1) is 0 Å². The molecule has 1 saturated heterocycles. The van der Waals surface area contributed by atoms with E-state index in [4.69, 9.17) is 0 Å². The van der Waals surface area contributed by atoms with Crippen LogP contribution in [0.2, 0.25) is 0 Å². The first-order valence-electron chi connectivity index (χ1n) is 5.72. The fraction of sp³-hybridized carbons (Fsp3) is 0.462. The molecule has 0 bridgehead atoms. The van der Waals surface area contributed by atoms with Gasteiger partial charge in [-0.3, -0.25) is 4.79 Å². The lowest BCUT2D eigenvalue weighted by Gasteiger charge is -2.29. The molecule has 1 fully saturated rings. The predicted octanol–water partition coefficient (Wildman–Crippen LogP) is 1.79. The lowest BCUT2D eigenvalue weighted by molar-refractivity contribution is -0.123. The number of nitrogens with zero attached hydrogens (tertiary/aromatic N) is 1. The van der Waals surface area contributed by atoms with Crippen LogP contribution in [-0.2, 0) is 4.79 Å². The molecule has 3 heteroatoms. The molecule has 0 aliphatic carbocycles. The van der Waals surface area contributed by atoms with Crippen molar-refractivity contribution in [3.05, 3.63) is 30.3 Å². The smallest absolute Gasteiger partial charge is 0.246 e. The van der Waals surface area contributed by atoms with Crippen LogP contribution in [-0.4, -0.2) is 25.0 Å². The topological polar surface area (TPSA) is 32.3 Å². The fourth-order valence-corrected chi connectivity index (χ4v) is 2.22. The molecule has 1 amide bonds. The van der Waals surface area contributed by atoms with Crippen LogP contribution in [0.4, 0.5) is 5.69 Å². The van der Waals surface area contributed by atoms with E-state index in [9.17, 15) is 4.79 Å². The van der Waals surface area contributed by atoms with Gasteiger partial charge in [-0.1, -0.05) is 18.2 Å². The third kappa shape index (κ3) is 1.95. The van der Waals surface area contributed by atoms with E-state index in [0.29, 0.717) is 0 Å². The Morgan fingerprint density at radius 2 is 2.06 bits per heavy atom. The largest absolute Gasteiger partial charge is 0.314 e. The zero-order chi connectivity index (χ0) is 11.6. The van der Waals surface area contributed by atoms with Gasteiger partial charge in [0, 0.05) is 12.7 Å². The Bertz CT molecular complexity index is 369. The fourth-order valence-electron chi connectivity index (χ4n) is 2.22. The Morgan fingerprint density at radius 1 is 1.38 bits per heavy atom. The maximum atomic E-state index is 12.3. The van der Waals surface area contributed by atoms with E-state index in [1.54, 1.807) is 4.90 Å². The minimum atomic E-state index is -0.384. The number of para-hydroxylation sites is 1. The number of rotatable bonds is 2. The highest BCUT2D eigenvalue weighted by atomic mass is 16.2. The van der Waals surface area contributed by atoms with Crippen LogP contribution in [0.25, 0.3) is 0 Å². The van der Waals surface area contributed by atoms with Crippen molar-refractivity contribution in [2.45, 2.75) is 25.3 Å². The number of nitrogens with one attached hydrogen (secondary N) is 1. The number of anilines is 1. The summed E-state index contributed by atoms with van der Waals surface area (Å²) in [5.41, 5.74) is 0.562. The molecular formula is C13H18N2O. The summed E-state index contributed by atoms with van der Waals surface area (Å²) in [7, 11) is 1.84. The first-order chi connectivity index (χ1) is 7.63. The van der Waals surface area contributed by atoms with Crippen LogP contribution in [0.3, 0.4) is 0 Å². The van der Waals surface area contributed by atoms with Crippen molar-refractivity contribution in [3.8, 4) is 0 Å². The van der Waals surface area contributed by atoms with Crippen molar-refractivity contribution in [1.82, 2.24) is 5.32 Å². The summed E-state index contributed by atoms with van der Waals surface area (Å²) in [6.07, 6.45) is 1.99. The molecule has 1 aromatic rings. The van der Waals surface area contributed by atoms with Crippen LogP contribution in [0.5, 0.6) is 0 Å². The summed E-state index contributed by atoms with van der Waals surface area (Å²) in [5, 5.41) is 3.29. The first-order valence-corrected chi connectivity index (χ1v) is 5.72. The molecule has 2 rings (SSSR count). The number of carbonyl (C=O) groups is 1. The SMILES string of the molecule is CN(C(=O)C1(C)CCCN1)c1ccccc1. The highest BCUT2D eigenvalue weighted by molar-refractivity contribution is 5.99. The van der Waals surface area contributed by atoms with Crippen molar-refractivity contribution in [2.24, 2.45) is 0 Å². The zero-order valence-corrected chi connectivity index (χ0v) is 9.86. The van der Waals surface area contributed by atoms with E-state index in [0.717, 1.165) is 25.1 Å². The van der Waals surface area contributed by atoms with Gasteiger partial charge in [-0.25, -0.2) is 0 Å². The highest BCUT2D eigenvalue weighted by Crippen LogP contribution is 2.23. The minimum absolute atomic E-state index is 0.149. The number of amides is 1. The molecule has 86 valence electrons. The van der Waals surface area contributed by atoms with E-state index >= 15 is 0 Å². The normalized spacial score (nSPS) is 24.4. The van der Waals surface area contributed by atoms with Crippen molar-refractivity contribution >= 4 is 11.6 Å². The van der Waals surface area contributed by atoms with Crippen molar-refractivity contribution < 1.29 is 4.79 Å². The summed E-state index contributed by atoms with van der Waals surface area (Å²) >= 11 is 0. The standard InChI is InChI=1S/C13H18N2O/c1-13(9-6-10-14-13)12(16)15(2)11-7-4-3-5-8-11/h3-5,7-8,14H,6,9-10H2,1-2H3. The third-order valence-electron chi connectivity index (χ3n) is 3.29. The predicted molar refractivity (Wildman–Crippen MR) is 65.5 cm³/mol. The summed E-state index contributed by atoms with van der Waals surface area (Å²) in [6, 6.07) is 9.76. The molecule has 1 aliphatic rings. The average molecular weight is 218 g/mol. The molecule has 1 aliphatic heterocycles. The second-order valence-electron chi connectivity index (χ2n) is 4.56. The van der Waals surface area contributed by atoms with Crippen molar-refractivity contribution in [2.75, 3.05) is 18.5 Å². The summed E-state index contributed by atoms with van der Waals surface area (Å²) in [4.78, 5) is 14.1. The second kappa shape index (κ2) is 4.26. The molecule has 1 aromatic carbocycles. The molecule has 1 atom stereocenters. The summed E-state index contributed by atoms with van der Waals surface area (Å²) in [6.45, 7) is 2.92. The molecule has 1 unspecified atom stereocenters. The molecule has 0 radical (unpaired) electrons. The molecule has 0 aromatic heterocycles. The Labute approximate surface area is 96.5 Å². The molecule has 0 saturated carbocycles. The van der Waals surface area contributed by atoms with Crippen LogP contribution in [0, 0.1) is 0 Å². The first kappa shape index (κ1) is 11.1. The summed E-state index contributed by atoms with van der Waals surface area (Å²) < 4.78 is 0. The summed E-state index contributed by atoms with van der Waals surface area (Å²) in [5.74, 6) is 0.149. The lowest BCUT2D eigenvalue weighted by Crippen LogP contribution is -2.51. The molecular weight excluding hydrogens is 200 g/mol. The maximum absolute atomic E-state index is 12.3. The van der Waals surface area contributed by atoms with Gasteiger partial charge >= 0.3 is 0 Å². The monoisotopic (exact) mass is 218 g/mol. The van der Waals surface area contributed by atoms with E-state index < -0.39 is 0 Å². The number of benzene rings is 1. The van der Waals surface area contributed by atoms with Gasteiger partial charge in [0.05, 0.1) is 5.54 Å². The van der Waals surface area contributed by atoms with Gasteiger partial charge in [0.15, 0.2) is 0 Å². The van der Waals surface area contributed by atoms with Crippen LogP contribution in [0.1, 0.15) is 19.8 Å². The Balaban J connectivity index is 2.16. The van der Waals surface area contributed by atoms with Crippen molar-refractivity contribution in [1.29, 1.82) is 0 Å². The lowest BCUT2D eigenvalue weighted by atomic mass is 9.98. The van der Waals surface area contributed by atoms with E-state index in [-0.39, 0.29) is 11.4 Å². The van der Waals surface area contributed by atoms with Crippen molar-refractivity contribution in [3.63, 3.8) is 0 Å². The van der Waals surface area contributed by atoms with Gasteiger partial charge in [0.1, 0.15) is 0 Å². The Hall–Kier alpha value is -1.35. The van der Waals surface area contributed by atoms with Gasteiger partial charge < -0.3 is 10.2 Å². The Kier molecular flexibility index (Phi) is 2.97. The van der Waals surface area contributed by atoms with Crippen LogP contribution in [0.15, 0.2) is 30.3 Å². The number of hydrogen-bond donors (Lipinski definition) is 1. The molecule has 1 N–H and O–H groups in total. The third-order valence-corrected chi connectivity index (χ3v) is 3.29. The van der Waals surface area contributed by atoms with Gasteiger partial charge in [-0.05, 0) is 38.4 Å². The second-order valence-corrected chi connectivity index (χ2v) is 4.56. The Morgan fingerprint density at radius 3 is 2.62 bits per heavy atom. The van der Waals surface area contributed by atoms with E-state index in [2.05, 4.69) is 5.32 Å². The maximum Gasteiger partial charge on any atom is 0.246 e. The minimum Gasteiger partial charge on any atom is -0.314 e. The van der Waals surface area contributed by atoms with Gasteiger partial charge in [0.25, 0.3) is 0 Å². The molecule has 0 spiro atoms. The number of likely N-dealkylation sites (N-methyl/N-ethyl adjacent to an activating group) is 1. The van der Waals surface area contributed by atoms with E-state index in [1.165, 1.54) is 0 Å². The zero-order valence-electron chi connectivity index (χ0n) is 9.86. The average Bonchev–Trinajstić information content (AvgIpc) is 2.77. The quantitative estimate of drug-likeness (QED) is 0.820.